The number of rotatable bonds is 7. The number of guanidine groups is 1. The molecule has 1 aliphatic rings. The van der Waals surface area contributed by atoms with Crippen molar-refractivity contribution in [3.63, 3.8) is 0 Å². The van der Waals surface area contributed by atoms with Crippen LogP contribution < -0.4 is 10.6 Å². The van der Waals surface area contributed by atoms with Crippen molar-refractivity contribution in [2.24, 2.45) is 10.9 Å². The zero-order valence-electron chi connectivity index (χ0n) is 15.5. The van der Waals surface area contributed by atoms with Gasteiger partial charge in [0.2, 0.25) is 0 Å². The maximum absolute atomic E-state index is 4.49. The molecule has 136 valence electrons. The molecule has 2 N–H and O–H groups in total. The van der Waals surface area contributed by atoms with Gasteiger partial charge in [0.1, 0.15) is 0 Å². The van der Waals surface area contributed by atoms with Crippen molar-refractivity contribution in [3.05, 3.63) is 16.1 Å². The molecule has 0 aliphatic carbocycles. The minimum absolute atomic E-state index is 0.605. The number of nitrogens with one attached hydrogen (secondary N) is 2. The van der Waals surface area contributed by atoms with Crippen LogP contribution in [-0.2, 0) is 6.42 Å². The highest BCUT2D eigenvalue weighted by atomic mass is 32.1. The molecule has 1 fully saturated rings. The second-order valence-corrected chi connectivity index (χ2v) is 7.76. The number of likely N-dealkylation sites (N-methyl/N-ethyl adjacent to an activating group) is 1. The van der Waals surface area contributed by atoms with Gasteiger partial charge in [0, 0.05) is 64.7 Å². The van der Waals surface area contributed by atoms with E-state index >= 15 is 0 Å². The molecule has 2 heterocycles. The van der Waals surface area contributed by atoms with Gasteiger partial charge in [-0.3, -0.25) is 4.99 Å². The second kappa shape index (κ2) is 9.96. The summed E-state index contributed by atoms with van der Waals surface area (Å²) in [6.45, 7) is 12.0. The first kappa shape index (κ1) is 19.1. The molecule has 24 heavy (non-hydrogen) atoms. The van der Waals surface area contributed by atoms with Gasteiger partial charge in [-0.2, -0.15) is 0 Å². The lowest BCUT2D eigenvalue weighted by Gasteiger charge is -2.34. The number of nitrogens with zero attached hydrogens (tertiary/aromatic N) is 4. The van der Waals surface area contributed by atoms with Crippen molar-refractivity contribution in [1.82, 2.24) is 25.4 Å². The Morgan fingerprint density at radius 3 is 2.71 bits per heavy atom. The van der Waals surface area contributed by atoms with Crippen LogP contribution in [0.1, 0.15) is 17.6 Å². The van der Waals surface area contributed by atoms with Gasteiger partial charge < -0.3 is 20.4 Å². The fourth-order valence-corrected chi connectivity index (χ4v) is 3.51. The Hall–Kier alpha value is -1.18. The van der Waals surface area contributed by atoms with Gasteiger partial charge in [-0.1, -0.05) is 6.92 Å². The molecule has 0 bridgehead atoms. The van der Waals surface area contributed by atoms with Crippen LogP contribution in [0, 0.1) is 12.8 Å². The molecule has 1 unspecified atom stereocenters. The number of hydrogen-bond donors (Lipinski definition) is 2. The van der Waals surface area contributed by atoms with Crippen LogP contribution in [0.15, 0.2) is 10.4 Å². The molecule has 1 saturated heterocycles. The van der Waals surface area contributed by atoms with Gasteiger partial charge in [0.25, 0.3) is 0 Å². The Morgan fingerprint density at radius 2 is 2.08 bits per heavy atom. The zero-order valence-corrected chi connectivity index (χ0v) is 16.3. The van der Waals surface area contributed by atoms with E-state index in [1.165, 1.54) is 26.2 Å². The van der Waals surface area contributed by atoms with Crippen molar-refractivity contribution < 1.29 is 0 Å². The molecular weight excluding hydrogens is 320 g/mol. The summed E-state index contributed by atoms with van der Waals surface area (Å²) in [5.41, 5.74) is 1.16. The summed E-state index contributed by atoms with van der Waals surface area (Å²) in [7, 11) is 4.03. The average Bonchev–Trinajstić information content (AvgIpc) is 2.98. The van der Waals surface area contributed by atoms with Crippen LogP contribution in [-0.4, -0.2) is 80.7 Å². The van der Waals surface area contributed by atoms with E-state index in [0.29, 0.717) is 5.92 Å². The summed E-state index contributed by atoms with van der Waals surface area (Å²) >= 11 is 1.71. The molecule has 0 saturated carbocycles. The third-order valence-corrected chi connectivity index (χ3v) is 5.17. The number of hydrogen-bond acceptors (Lipinski definition) is 5. The molecule has 1 atom stereocenters. The minimum Gasteiger partial charge on any atom is -0.356 e. The normalized spacial score (nSPS) is 18.6. The largest absolute Gasteiger partial charge is 0.356 e. The number of thiazole rings is 1. The lowest BCUT2D eigenvalue weighted by molar-refractivity contribution is 0.139. The Kier molecular flexibility index (Phi) is 7.94. The average molecular weight is 353 g/mol. The topological polar surface area (TPSA) is 55.8 Å². The van der Waals surface area contributed by atoms with Crippen LogP contribution in [0.25, 0.3) is 0 Å². The maximum Gasteiger partial charge on any atom is 0.190 e. The lowest BCUT2D eigenvalue weighted by Crippen LogP contribution is -2.47. The summed E-state index contributed by atoms with van der Waals surface area (Å²) in [4.78, 5) is 13.8. The van der Waals surface area contributed by atoms with E-state index in [4.69, 9.17) is 0 Å². The first-order valence-corrected chi connectivity index (χ1v) is 9.71. The third kappa shape index (κ3) is 6.75. The van der Waals surface area contributed by atoms with Gasteiger partial charge in [0.05, 0.1) is 10.7 Å². The van der Waals surface area contributed by atoms with Gasteiger partial charge in [-0.25, -0.2) is 4.98 Å². The molecule has 6 nitrogen and oxygen atoms in total. The fraction of sp³-hybridized carbons (Fsp3) is 0.765. The predicted molar refractivity (Wildman–Crippen MR) is 103 cm³/mol. The quantitative estimate of drug-likeness (QED) is 0.567. The molecule has 1 aromatic rings. The summed E-state index contributed by atoms with van der Waals surface area (Å²) in [5, 5.41) is 10.1. The van der Waals surface area contributed by atoms with Crippen molar-refractivity contribution in [2.75, 3.05) is 59.9 Å². The molecule has 2 rings (SSSR count). The van der Waals surface area contributed by atoms with Gasteiger partial charge in [0.15, 0.2) is 5.96 Å². The van der Waals surface area contributed by atoms with Crippen LogP contribution in [0.2, 0.25) is 0 Å². The Bertz CT molecular complexity index is 507. The molecule has 0 aromatic carbocycles. The van der Waals surface area contributed by atoms with Crippen molar-refractivity contribution in [1.29, 1.82) is 0 Å². The molecule has 7 heteroatoms. The Labute approximate surface area is 150 Å². The fourth-order valence-electron chi connectivity index (χ4n) is 2.86. The number of piperazine rings is 1. The van der Waals surface area contributed by atoms with E-state index < -0.39 is 0 Å². The molecule has 1 aliphatic heterocycles. The van der Waals surface area contributed by atoms with Crippen LogP contribution >= 0.6 is 11.3 Å². The van der Waals surface area contributed by atoms with Gasteiger partial charge in [-0.05, 0) is 19.9 Å². The summed E-state index contributed by atoms with van der Waals surface area (Å²) in [6.07, 6.45) is 0.932. The van der Waals surface area contributed by atoms with E-state index in [0.717, 1.165) is 42.7 Å². The molecule has 0 amide bonds. The van der Waals surface area contributed by atoms with Crippen molar-refractivity contribution in [3.8, 4) is 0 Å². The zero-order chi connectivity index (χ0) is 17.4. The van der Waals surface area contributed by atoms with Gasteiger partial charge in [-0.15, -0.1) is 11.3 Å². The molecule has 0 spiro atoms. The van der Waals surface area contributed by atoms with E-state index in [1.807, 2.05) is 14.0 Å². The minimum atomic E-state index is 0.605. The molecule has 1 aromatic heterocycles. The Morgan fingerprint density at radius 1 is 1.33 bits per heavy atom. The second-order valence-electron chi connectivity index (χ2n) is 6.70. The maximum atomic E-state index is 4.49. The van der Waals surface area contributed by atoms with Crippen LogP contribution in [0.3, 0.4) is 0 Å². The summed E-state index contributed by atoms with van der Waals surface area (Å²) in [6, 6.07) is 0. The number of aryl methyl sites for hydroxylation is 1. The van der Waals surface area contributed by atoms with Crippen LogP contribution in [0.5, 0.6) is 0 Å². The molecular formula is C17H32N6S. The van der Waals surface area contributed by atoms with Gasteiger partial charge >= 0.3 is 0 Å². The molecule has 0 radical (unpaired) electrons. The van der Waals surface area contributed by atoms with E-state index in [2.05, 4.69) is 49.8 Å². The first-order chi connectivity index (χ1) is 11.6. The van der Waals surface area contributed by atoms with E-state index in [9.17, 15) is 0 Å². The standard InChI is InChI=1S/C17H32N6S/c1-14(12-23-9-7-22(4)8-10-23)11-20-17(18-3)19-6-5-16-13-24-15(2)21-16/h13-14H,5-12H2,1-4H3,(H2,18,19,20). The highest BCUT2D eigenvalue weighted by Crippen LogP contribution is 2.07. The summed E-state index contributed by atoms with van der Waals surface area (Å²) in [5.74, 6) is 1.49. The predicted octanol–water partition coefficient (Wildman–Crippen LogP) is 1.04. The highest BCUT2D eigenvalue weighted by molar-refractivity contribution is 7.09. The third-order valence-electron chi connectivity index (χ3n) is 4.35. The summed E-state index contributed by atoms with van der Waals surface area (Å²) < 4.78 is 0. The first-order valence-electron chi connectivity index (χ1n) is 8.83. The van der Waals surface area contributed by atoms with Crippen molar-refractivity contribution >= 4 is 17.3 Å². The Balaban J connectivity index is 1.61. The van der Waals surface area contributed by atoms with Crippen LogP contribution in [0.4, 0.5) is 0 Å². The number of aliphatic imine (C=N–C) groups is 1. The highest BCUT2D eigenvalue weighted by Gasteiger charge is 2.16. The lowest BCUT2D eigenvalue weighted by atomic mass is 10.1. The SMILES string of the molecule is CN=C(NCCc1csc(C)n1)NCC(C)CN1CCN(C)CC1. The van der Waals surface area contributed by atoms with E-state index in [1.54, 1.807) is 11.3 Å². The monoisotopic (exact) mass is 352 g/mol. The van der Waals surface area contributed by atoms with Crippen molar-refractivity contribution in [2.45, 2.75) is 20.3 Å². The number of aromatic nitrogens is 1. The van der Waals surface area contributed by atoms with E-state index in [-0.39, 0.29) is 0 Å². The smallest absolute Gasteiger partial charge is 0.190 e.